The van der Waals surface area contributed by atoms with E-state index in [4.69, 9.17) is 9.72 Å². The fraction of sp³-hybridized carbons (Fsp3) is 0.269. The zero-order valence-electron chi connectivity index (χ0n) is 19.2. The van der Waals surface area contributed by atoms with E-state index in [0.29, 0.717) is 44.4 Å². The predicted octanol–water partition coefficient (Wildman–Crippen LogP) is 3.89. The lowest BCUT2D eigenvalue weighted by atomic mass is 10.2. The molecule has 34 heavy (non-hydrogen) atoms. The maximum Gasteiger partial charge on any atom is 0.243 e. The number of aromatic nitrogens is 2. The number of imidazole rings is 1. The van der Waals surface area contributed by atoms with E-state index in [2.05, 4.69) is 15.5 Å². The first-order valence-corrected chi connectivity index (χ1v) is 12.9. The van der Waals surface area contributed by atoms with Gasteiger partial charge in [-0.05, 0) is 43.3 Å². The highest BCUT2D eigenvalue weighted by molar-refractivity contribution is 7.89. The van der Waals surface area contributed by atoms with Gasteiger partial charge in [0, 0.05) is 26.2 Å². The van der Waals surface area contributed by atoms with Gasteiger partial charge >= 0.3 is 0 Å². The maximum atomic E-state index is 13.0. The summed E-state index contributed by atoms with van der Waals surface area (Å²) in [4.78, 5) is 7.42. The van der Waals surface area contributed by atoms with E-state index in [1.807, 2.05) is 67.6 Å². The summed E-state index contributed by atoms with van der Waals surface area (Å²) in [5.41, 5.74) is 3.02. The molecule has 7 nitrogen and oxygen atoms in total. The first kappa shape index (κ1) is 22.6. The molecule has 4 aromatic rings. The number of benzene rings is 3. The van der Waals surface area contributed by atoms with E-state index in [9.17, 15) is 8.42 Å². The lowest BCUT2D eigenvalue weighted by molar-refractivity contribution is 0.149. The normalized spacial score (nSPS) is 15.6. The molecule has 1 saturated heterocycles. The van der Waals surface area contributed by atoms with Gasteiger partial charge in [-0.15, -0.1) is 0 Å². The standard InChI is InChI=1S/C26H28N4O3S/c1-21-11-13-23(14-12-21)34(31,32)29-17-15-28(16-18-29)20-30-25-10-6-5-9-24(25)27-26(30)19-33-22-7-3-2-4-8-22/h2-14H,15-20H2,1H3. The molecular formula is C26H28N4O3S. The predicted molar refractivity (Wildman–Crippen MR) is 132 cm³/mol. The molecule has 1 aromatic heterocycles. The van der Waals surface area contributed by atoms with Crippen molar-refractivity contribution in [2.45, 2.75) is 25.1 Å². The van der Waals surface area contributed by atoms with Crippen LogP contribution in [0.4, 0.5) is 0 Å². The molecule has 0 bridgehead atoms. The Balaban J connectivity index is 1.30. The molecule has 0 aliphatic carbocycles. The molecule has 0 saturated carbocycles. The number of para-hydroxylation sites is 3. The minimum atomic E-state index is -3.48. The third-order valence-electron chi connectivity index (χ3n) is 6.18. The quantitative estimate of drug-likeness (QED) is 0.405. The average Bonchev–Trinajstić information content (AvgIpc) is 3.21. The van der Waals surface area contributed by atoms with Crippen LogP contribution in [0, 0.1) is 6.92 Å². The molecule has 0 amide bonds. The molecule has 176 valence electrons. The second-order valence-corrected chi connectivity index (χ2v) is 10.5. The smallest absolute Gasteiger partial charge is 0.243 e. The number of piperazine rings is 1. The summed E-state index contributed by atoms with van der Waals surface area (Å²) < 4.78 is 35.8. The Kier molecular flexibility index (Phi) is 6.36. The Bertz CT molecular complexity index is 1360. The van der Waals surface area contributed by atoms with Gasteiger partial charge in [0.1, 0.15) is 18.2 Å². The molecule has 0 spiro atoms. The van der Waals surface area contributed by atoms with Gasteiger partial charge in [0.15, 0.2) is 0 Å². The van der Waals surface area contributed by atoms with Crippen molar-refractivity contribution in [1.82, 2.24) is 18.8 Å². The number of rotatable bonds is 7. The molecule has 8 heteroatoms. The zero-order valence-corrected chi connectivity index (χ0v) is 20.0. The Morgan fingerprint density at radius 1 is 0.853 bits per heavy atom. The molecule has 0 radical (unpaired) electrons. The zero-order chi connectivity index (χ0) is 23.5. The second kappa shape index (κ2) is 9.58. The fourth-order valence-corrected chi connectivity index (χ4v) is 5.65. The van der Waals surface area contributed by atoms with E-state index < -0.39 is 10.0 Å². The summed E-state index contributed by atoms with van der Waals surface area (Å²) in [5, 5.41) is 0. The maximum absolute atomic E-state index is 13.0. The van der Waals surface area contributed by atoms with Crippen LogP contribution >= 0.6 is 0 Å². The van der Waals surface area contributed by atoms with Crippen molar-refractivity contribution in [3.8, 4) is 5.75 Å². The van der Waals surface area contributed by atoms with Gasteiger partial charge < -0.3 is 9.30 Å². The highest BCUT2D eigenvalue weighted by atomic mass is 32.2. The summed E-state index contributed by atoms with van der Waals surface area (Å²) in [7, 11) is -3.48. The van der Waals surface area contributed by atoms with E-state index in [1.165, 1.54) is 0 Å². The molecule has 0 atom stereocenters. The molecule has 1 aliphatic rings. The number of fused-ring (bicyclic) bond motifs is 1. The number of sulfonamides is 1. The summed E-state index contributed by atoms with van der Waals surface area (Å²) in [5.74, 6) is 1.65. The van der Waals surface area contributed by atoms with Crippen LogP contribution in [0.25, 0.3) is 11.0 Å². The largest absolute Gasteiger partial charge is 0.486 e. The van der Waals surface area contributed by atoms with Gasteiger partial charge in [-0.1, -0.05) is 48.0 Å². The van der Waals surface area contributed by atoms with Crippen LogP contribution in [0.15, 0.2) is 83.8 Å². The summed E-state index contributed by atoms with van der Waals surface area (Å²) >= 11 is 0. The number of aryl methyl sites for hydroxylation is 1. The minimum Gasteiger partial charge on any atom is -0.486 e. The van der Waals surface area contributed by atoms with Gasteiger partial charge in [-0.25, -0.2) is 13.4 Å². The monoisotopic (exact) mass is 476 g/mol. The van der Waals surface area contributed by atoms with Gasteiger partial charge in [-0.3, -0.25) is 4.90 Å². The van der Waals surface area contributed by atoms with Crippen LogP contribution in [-0.4, -0.2) is 53.4 Å². The van der Waals surface area contributed by atoms with Gasteiger partial charge in [0.25, 0.3) is 0 Å². The molecule has 0 N–H and O–H groups in total. The first-order valence-electron chi connectivity index (χ1n) is 11.4. The lowest BCUT2D eigenvalue weighted by Gasteiger charge is -2.34. The molecule has 2 heterocycles. The van der Waals surface area contributed by atoms with Gasteiger partial charge in [0.05, 0.1) is 22.6 Å². The number of nitrogens with zero attached hydrogens (tertiary/aromatic N) is 4. The lowest BCUT2D eigenvalue weighted by Crippen LogP contribution is -2.48. The van der Waals surface area contributed by atoms with E-state index in [1.54, 1.807) is 16.4 Å². The molecule has 5 rings (SSSR count). The highest BCUT2D eigenvalue weighted by Crippen LogP contribution is 2.21. The number of ether oxygens (including phenoxy) is 1. The molecule has 3 aromatic carbocycles. The first-order chi connectivity index (χ1) is 16.5. The fourth-order valence-electron chi connectivity index (χ4n) is 4.23. The van der Waals surface area contributed by atoms with Crippen LogP contribution in [0.1, 0.15) is 11.4 Å². The van der Waals surface area contributed by atoms with Crippen LogP contribution in [-0.2, 0) is 23.3 Å². The molecular weight excluding hydrogens is 448 g/mol. The summed E-state index contributed by atoms with van der Waals surface area (Å²) in [6.07, 6.45) is 0. The number of hydrogen-bond donors (Lipinski definition) is 0. The van der Waals surface area contributed by atoms with Crippen molar-refractivity contribution < 1.29 is 13.2 Å². The van der Waals surface area contributed by atoms with E-state index in [0.717, 1.165) is 28.2 Å². The van der Waals surface area contributed by atoms with Crippen molar-refractivity contribution in [2.24, 2.45) is 0 Å². The number of hydrogen-bond acceptors (Lipinski definition) is 5. The van der Waals surface area contributed by atoms with Gasteiger partial charge in [0.2, 0.25) is 10.0 Å². The van der Waals surface area contributed by atoms with Gasteiger partial charge in [-0.2, -0.15) is 4.31 Å². The third kappa shape index (κ3) is 4.70. The van der Waals surface area contributed by atoms with Crippen molar-refractivity contribution in [3.63, 3.8) is 0 Å². The summed E-state index contributed by atoms with van der Waals surface area (Å²) in [6, 6.07) is 24.8. The average molecular weight is 477 g/mol. The molecule has 0 unspecified atom stereocenters. The van der Waals surface area contributed by atoms with Crippen molar-refractivity contribution >= 4 is 21.1 Å². The molecule has 1 fully saturated rings. The second-order valence-electron chi connectivity index (χ2n) is 8.52. The topological polar surface area (TPSA) is 67.7 Å². The Hall–Kier alpha value is -3.20. The third-order valence-corrected chi connectivity index (χ3v) is 8.09. The Morgan fingerprint density at radius 3 is 2.26 bits per heavy atom. The minimum absolute atomic E-state index is 0.354. The Labute approximate surface area is 200 Å². The van der Waals surface area contributed by atoms with Crippen LogP contribution < -0.4 is 4.74 Å². The van der Waals surface area contributed by atoms with Crippen LogP contribution in [0.3, 0.4) is 0 Å². The van der Waals surface area contributed by atoms with E-state index in [-0.39, 0.29) is 0 Å². The SMILES string of the molecule is Cc1ccc(S(=O)(=O)N2CCN(Cn3c(COc4ccccc4)nc4ccccc43)CC2)cc1. The highest BCUT2D eigenvalue weighted by Gasteiger charge is 2.29. The van der Waals surface area contributed by atoms with Crippen LogP contribution in [0.2, 0.25) is 0 Å². The Morgan fingerprint density at radius 2 is 1.53 bits per heavy atom. The van der Waals surface area contributed by atoms with Crippen LogP contribution in [0.5, 0.6) is 5.75 Å². The van der Waals surface area contributed by atoms with Crippen molar-refractivity contribution in [2.75, 3.05) is 26.2 Å². The van der Waals surface area contributed by atoms with E-state index >= 15 is 0 Å². The summed E-state index contributed by atoms with van der Waals surface area (Å²) in [6.45, 7) is 5.16. The molecule has 1 aliphatic heterocycles. The van der Waals surface area contributed by atoms with Crippen molar-refractivity contribution in [3.05, 3.63) is 90.3 Å². The van der Waals surface area contributed by atoms with Crippen molar-refractivity contribution in [1.29, 1.82) is 0 Å².